The highest BCUT2D eigenvalue weighted by molar-refractivity contribution is 7.92. The molecule has 4 atom stereocenters. The molecule has 4 N–H and O–H groups in total. The van der Waals surface area contributed by atoms with Gasteiger partial charge in [-0.05, 0) is 39.0 Å². The summed E-state index contributed by atoms with van der Waals surface area (Å²) in [7, 11) is -3.47. The molecule has 14 heteroatoms. The second-order valence-corrected chi connectivity index (χ2v) is 14.0. The SMILES string of the molecule is C=CCNC(=O)C(=O)[C@H](CCCC)NC(=O)[C@@H]1CCCN1C(=O)[C@H](C)NC(=O)NC1(C2COCCS2(=O)=O)CCCCC1. The zero-order valence-electron chi connectivity index (χ0n) is 25.3. The maximum Gasteiger partial charge on any atom is 0.315 e. The van der Waals surface area contributed by atoms with Crippen molar-refractivity contribution in [2.24, 2.45) is 0 Å². The van der Waals surface area contributed by atoms with E-state index < -0.39 is 68.3 Å². The number of likely N-dealkylation sites (tertiary alicyclic amines) is 1. The number of sulfone groups is 1. The fourth-order valence-corrected chi connectivity index (χ4v) is 8.17. The fourth-order valence-electron chi connectivity index (χ4n) is 6.25. The quantitative estimate of drug-likeness (QED) is 0.171. The number of ketones is 1. The number of unbranched alkanes of at least 4 members (excludes halogenated alkanes) is 1. The van der Waals surface area contributed by atoms with Crippen LogP contribution in [0.25, 0.3) is 0 Å². The van der Waals surface area contributed by atoms with Gasteiger partial charge in [0.1, 0.15) is 17.3 Å². The summed E-state index contributed by atoms with van der Waals surface area (Å²) >= 11 is 0. The summed E-state index contributed by atoms with van der Waals surface area (Å²) in [5, 5.41) is 9.82. The lowest BCUT2D eigenvalue weighted by Crippen LogP contribution is -2.65. The van der Waals surface area contributed by atoms with Crippen LogP contribution in [0.1, 0.15) is 78.1 Å². The molecule has 3 aliphatic rings. The van der Waals surface area contributed by atoms with Crippen molar-refractivity contribution in [3.05, 3.63) is 12.7 Å². The summed E-state index contributed by atoms with van der Waals surface area (Å²) in [4.78, 5) is 66.3. The number of hydrogen-bond donors (Lipinski definition) is 4. The first-order valence-electron chi connectivity index (χ1n) is 15.4. The standard InChI is InChI=1S/C29H47N5O8S/c1-4-6-11-21(24(35)26(37)30-15-5-2)32-25(36)22-12-10-16-34(22)27(38)20(3)31-28(39)33-29(13-8-7-9-14-29)23-19-42-17-18-43(23,40)41/h5,20-23H,2,4,6-19H2,1,3H3,(H,30,37)(H,32,36)(H2,31,33,39)/t20-,21-,22-,23?/m0/s1. The average molecular weight is 626 g/mol. The van der Waals surface area contributed by atoms with E-state index in [0.29, 0.717) is 38.6 Å². The third kappa shape index (κ3) is 8.78. The molecule has 2 saturated heterocycles. The van der Waals surface area contributed by atoms with Gasteiger partial charge in [-0.15, -0.1) is 6.58 Å². The van der Waals surface area contributed by atoms with Gasteiger partial charge in [0.05, 0.1) is 30.5 Å². The molecule has 3 rings (SSSR count). The number of carbonyl (C=O) groups excluding carboxylic acids is 5. The molecule has 1 aliphatic carbocycles. The van der Waals surface area contributed by atoms with E-state index in [0.717, 1.165) is 25.7 Å². The highest BCUT2D eigenvalue weighted by atomic mass is 32.2. The Hall–Kier alpha value is -3.00. The predicted molar refractivity (Wildman–Crippen MR) is 160 cm³/mol. The maximum absolute atomic E-state index is 13.4. The highest BCUT2D eigenvalue weighted by Gasteiger charge is 2.49. The molecule has 3 fully saturated rings. The van der Waals surface area contributed by atoms with Crippen molar-refractivity contribution in [2.45, 2.75) is 107 Å². The normalized spacial score (nSPS) is 24.2. The van der Waals surface area contributed by atoms with Crippen molar-refractivity contribution < 1.29 is 37.1 Å². The van der Waals surface area contributed by atoms with Gasteiger partial charge in [-0.1, -0.05) is 45.1 Å². The number of nitrogens with zero attached hydrogens (tertiary/aromatic N) is 1. The summed E-state index contributed by atoms with van der Waals surface area (Å²) in [6.45, 7) is 7.51. The molecule has 13 nitrogen and oxygen atoms in total. The molecular weight excluding hydrogens is 578 g/mol. The Bertz CT molecular complexity index is 1150. The van der Waals surface area contributed by atoms with Crippen LogP contribution in [-0.4, -0.2) is 104 Å². The van der Waals surface area contributed by atoms with Crippen LogP contribution in [0.4, 0.5) is 4.79 Å². The predicted octanol–water partition coefficient (Wildman–Crippen LogP) is 0.728. The van der Waals surface area contributed by atoms with E-state index in [1.165, 1.54) is 17.9 Å². The van der Waals surface area contributed by atoms with E-state index in [1.807, 2.05) is 6.92 Å². The molecule has 242 valence electrons. The Morgan fingerprint density at radius 1 is 1.09 bits per heavy atom. The van der Waals surface area contributed by atoms with Gasteiger partial charge in [0.2, 0.25) is 17.6 Å². The number of hydrogen-bond acceptors (Lipinski definition) is 8. The summed E-state index contributed by atoms with van der Waals surface area (Å²) < 4.78 is 31.4. The average Bonchev–Trinajstić information content (AvgIpc) is 3.47. The lowest BCUT2D eigenvalue weighted by molar-refractivity contribution is -0.142. The number of nitrogens with one attached hydrogen (secondary N) is 4. The minimum atomic E-state index is -3.47. The molecule has 1 saturated carbocycles. The van der Waals surface area contributed by atoms with Gasteiger partial charge in [-0.3, -0.25) is 19.2 Å². The van der Waals surface area contributed by atoms with Crippen molar-refractivity contribution in [3.63, 3.8) is 0 Å². The van der Waals surface area contributed by atoms with Crippen molar-refractivity contribution in [3.8, 4) is 0 Å². The molecule has 5 amide bonds. The van der Waals surface area contributed by atoms with Gasteiger partial charge in [0.25, 0.3) is 5.91 Å². The van der Waals surface area contributed by atoms with Crippen LogP contribution in [0.5, 0.6) is 0 Å². The summed E-state index contributed by atoms with van der Waals surface area (Å²) in [6.07, 6.45) is 7.49. The molecular formula is C29H47N5O8S. The number of amides is 5. The molecule has 0 aromatic heterocycles. The van der Waals surface area contributed by atoms with Crippen LogP contribution in [0.15, 0.2) is 12.7 Å². The van der Waals surface area contributed by atoms with Gasteiger partial charge in [0.15, 0.2) is 9.84 Å². The topological polar surface area (TPSA) is 180 Å². The van der Waals surface area contributed by atoms with E-state index in [9.17, 15) is 32.4 Å². The van der Waals surface area contributed by atoms with Crippen LogP contribution >= 0.6 is 0 Å². The minimum Gasteiger partial charge on any atom is -0.379 e. The van der Waals surface area contributed by atoms with Gasteiger partial charge < -0.3 is 30.9 Å². The van der Waals surface area contributed by atoms with Gasteiger partial charge in [-0.25, -0.2) is 13.2 Å². The van der Waals surface area contributed by atoms with Crippen LogP contribution < -0.4 is 21.3 Å². The zero-order chi connectivity index (χ0) is 31.6. The Kier molecular flexibility index (Phi) is 12.5. The zero-order valence-corrected chi connectivity index (χ0v) is 26.1. The molecule has 0 aromatic carbocycles. The second kappa shape index (κ2) is 15.6. The Labute approximate surface area is 254 Å². The Morgan fingerprint density at radius 3 is 2.47 bits per heavy atom. The van der Waals surface area contributed by atoms with Crippen LogP contribution in [-0.2, 0) is 33.8 Å². The van der Waals surface area contributed by atoms with E-state index in [-0.39, 0.29) is 31.9 Å². The van der Waals surface area contributed by atoms with E-state index in [1.54, 1.807) is 0 Å². The Morgan fingerprint density at radius 2 is 1.81 bits per heavy atom. The monoisotopic (exact) mass is 625 g/mol. The van der Waals surface area contributed by atoms with Gasteiger partial charge in [-0.2, -0.15) is 0 Å². The van der Waals surface area contributed by atoms with Crippen LogP contribution in [0.3, 0.4) is 0 Å². The minimum absolute atomic E-state index is 0.0132. The Balaban J connectivity index is 1.65. The highest BCUT2D eigenvalue weighted by Crippen LogP contribution is 2.36. The smallest absolute Gasteiger partial charge is 0.315 e. The van der Waals surface area contributed by atoms with Gasteiger partial charge >= 0.3 is 6.03 Å². The van der Waals surface area contributed by atoms with Gasteiger partial charge in [0, 0.05) is 13.1 Å². The van der Waals surface area contributed by atoms with Crippen molar-refractivity contribution in [1.29, 1.82) is 0 Å². The molecule has 2 heterocycles. The summed E-state index contributed by atoms with van der Waals surface area (Å²) in [6, 6.07) is -3.54. The molecule has 0 radical (unpaired) electrons. The lowest BCUT2D eigenvalue weighted by atomic mass is 9.79. The molecule has 1 unspecified atom stereocenters. The van der Waals surface area contributed by atoms with E-state index in [4.69, 9.17) is 4.74 Å². The molecule has 2 aliphatic heterocycles. The number of urea groups is 1. The van der Waals surface area contributed by atoms with Crippen LogP contribution in [0.2, 0.25) is 0 Å². The lowest BCUT2D eigenvalue weighted by Gasteiger charge is -2.44. The molecule has 0 spiro atoms. The van der Waals surface area contributed by atoms with E-state index >= 15 is 0 Å². The molecule has 43 heavy (non-hydrogen) atoms. The first-order chi connectivity index (χ1) is 20.5. The summed E-state index contributed by atoms with van der Waals surface area (Å²) in [5.41, 5.74) is -0.988. The number of Topliss-reactive ketones (excluding diaryl/α,β-unsaturated/α-hetero) is 1. The molecule has 0 bridgehead atoms. The first-order valence-corrected chi connectivity index (χ1v) is 17.1. The van der Waals surface area contributed by atoms with Crippen molar-refractivity contribution in [1.82, 2.24) is 26.2 Å². The number of carbonyl (C=O) groups is 5. The molecule has 0 aromatic rings. The second-order valence-electron chi connectivity index (χ2n) is 11.7. The summed E-state index contributed by atoms with van der Waals surface area (Å²) in [5.74, 6) is -2.67. The number of ether oxygens (including phenoxy) is 1. The van der Waals surface area contributed by atoms with Crippen molar-refractivity contribution >= 4 is 39.4 Å². The number of rotatable bonds is 13. The third-order valence-electron chi connectivity index (χ3n) is 8.61. The largest absolute Gasteiger partial charge is 0.379 e. The fraction of sp³-hybridized carbons (Fsp3) is 0.759. The van der Waals surface area contributed by atoms with Crippen LogP contribution in [0, 0.1) is 0 Å². The maximum atomic E-state index is 13.4. The first kappa shape index (κ1) is 34.5. The van der Waals surface area contributed by atoms with Crippen molar-refractivity contribution in [2.75, 3.05) is 32.1 Å². The third-order valence-corrected chi connectivity index (χ3v) is 10.8. The van der Waals surface area contributed by atoms with E-state index in [2.05, 4.69) is 27.8 Å².